The third-order valence-corrected chi connectivity index (χ3v) is 1.14. The number of hydrogen-bond donors (Lipinski definition) is 1. The van der Waals surface area contributed by atoms with Crippen LogP contribution in [0.25, 0.3) is 0 Å². The van der Waals surface area contributed by atoms with Crippen LogP contribution < -0.4 is 0 Å². The maximum Gasteiger partial charge on any atom is 0.317 e. The van der Waals surface area contributed by atoms with Crippen LogP contribution >= 0.6 is 11.6 Å². The third-order valence-electron chi connectivity index (χ3n) is 0.848. The number of aliphatic hydroxyl groups is 1. The molecule has 0 aromatic rings. The van der Waals surface area contributed by atoms with E-state index in [1.165, 1.54) is 0 Å². The molecule has 0 fully saturated rings. The molecule has 0 aromatic heterocycles. The van der Waals surface area contributed by atoms with Crippen molar-refractivity contribution in [2.75, 3.05) is 0 Å². The summed E-state index contributed by atoms with van der Waals surface area (Å²) >= 11 is 4.39. The van der Waals surface area contributed by atoms with Crippen molar-refractivity contribution in [1.82, 2.24) is 0 Å². The highest BCUT2D eigenvalue weighted by Crippen LogP contribution is 2.27. The third kappa shape index (κ3) is 2.02. The summed E-state index contributed by atoms with van der Waals surface area (Å²) in [5.74, 6) is -3.85. The summed E-state index contributed by atoms with van der Waals surface area (Å²) in [4.78, 5) is 0. The summed E-state index contributed by atoms with van der Waals surface area (Å²) in [6, 6.07) is 0. The lowest BCUT2D eigenvalue weighted by Crippen LogP contribution is -2.37. The van der Waals surface area contributed by atoms with Gasteiger partial charge in [0.15, 0.2) is 0 Å². The molecular formula is C4H6ClF3O. The molecule has 1 nitrogen and oxygen atoms in total. The Labute approximate surface area is 55.4 Å². The summed E-state index contributed by atoms with van der Waals surface area (Å²) in [6.07, 6.45) is -2.05. The average Bonchev–Trinajstić information content (AvgIpc) is 1.65. The van der Waals surface area contributed by atoms with E-state index in [4.69, 9.17) is 5.11 Å². The predicted octanol–water partition coefficient (Wildman–Crippen LogP) is 1.54. The number of rotatable bonds is 2. The fourth-order valence-corrected chi connectivity index (χ4v) is 0.365. The maximum atomic E-state index is 11.9. The zero-order valence-corrected chi connectivity index (χ0v) is 5.37. The molecule has 0 saturated heterocycles. The van der Waals surface area contributed by atoms with Crippen molar-refractivity contribution in [3.63, 3.8) is 0 Å². The zero-order valence-electron chi connectivity index (χ0n) is 4.61. The van der Waals surface area contributed by atoms with Crippen LogP contribution in [0.5, 0.6) is 0 Å². The van der Waals surface area contributed by atoms with E-state index < -0.39 is 17.7 Å². The monoisotopic (exact) mass is 162 g/mol. The van der Waals surface area contributed by atoms with Crippen molar-refractivity contribution in [2.24, 2.45) is 0 Å². The van der Waals surface area contributed by atoms with Crippen molar-refractivity contribution in [3.8, 4) is 0 Å². The largest absolute Gasteiger partial charge is 0.387 e. The topological polar surface area (TPSA) is 20.2 Å². The van der Waals surface area contributed by atoms with Crippen LogP contribution in [0.2, 0.25) is 0 Å². The van der Waals surface area contributed by atoms with Gasteiger partial charge in [-0.1, -0.05) is 11.6 Å². The van der Waals surface area contributed by atoms with Gasteiger partial charge >= 0.3 is 5.92 Å². The molecular weight excluding hydrogens is 156 g/mol. The smallest absolute Gasteiger partial charge is 0.317 e. The van der Waals surface area contributed by atoms with E-state index in [0.717, 1.165) is 6.92 Å². The molecule has 0 rings (SSSR count). The molecule has 2 atom stereocenters. The molecule has 9 heavy (non-hydrogen) atoms. The Balaban J connectivity index is 4.01. The second-order valence-corrected chi connectivity index (χ2v) is 2.03. The molecule has 0 bridgehead atoms. The molecule has 56 valence electrons. The van der Waals surface area contributed by atoms with Crippen LogP contribution in [-0.2, 0) is 0 Å². The van der Waals surface area contributed by atoms with Gasteiger partial charge < -0.3 is 5.11 Å². The van der Waals surface area contributed by atoms with Gasteiger partial charge in [-0.2, -0.15) is 8.78 Å². The predicted molar refractivity (Wildman–Crippen MR) is 27.4 cm³/mol. The number of aliphatic hydroxyl groups excluding tert-OH is 1. The number of halogens is 4. The van der Waals surface area contributed by atoms with Crippen LogP contribution in [0.4, 0.5) is 13.2 Å². The first kappa shape index (κ1) is 9.04. The van der Waals surface area contributed by atoms with Crippen molar-refractivity contribution in [2.45, 2.75) is 24.6 Å². The first-order chi connectivity index (χ1) is 3.89. The highest BCUT2D eigenvalue weighted by Gasteiger charge is 2.43. The Hall–Kier alpha value is 0.0400. The highest BCUT2D eigenvalue weighted by molar-refractivity contribution is 6.20. The highest BCUT2D eigenvalue weighted by atomic mass is 35.5. The van der Waals surface area contributed by atoms with E-state index in [1.807, 2.05) is 0 Å². The van der Waals surface area contributed by atoms with Gasteiger partial charge in [0.25, 0.3) is 0 Å². The minimum absolute atomic E-state index is 0.773. The normalized spacial score (nSPS) is 19.3. The van der Waals surface area contributed by atoms with Crippen molar-refractivity contribution < 1.29 is 18.3 Å². The van der Waals surface area contributed by atoms with Crippen LogP contribution in [0, 0.1) is 0 Å². The minimum Gasteiger partial charge on any atom is -0.387 e. The van der Waals surface area contributed by atoms with Crippen LogP contribution in [0.3, 0.4) is 0 Å². The summed E-state index contributed by atoms with van der Waals surface area (Å²) in [6.45, 7) is 0.773. The lowest BCUT2D eigenvalue weighted by molar-refractivity contribution is -0.125. The van der Waals surface area contributed by atoms with Crippen molar-refractivity contribution >= 4 is 11.6 Å². The van der Waals surface area contributed by atoms with E-state index in [0.29, 0.717) is 0 Å². The second-order valence-electron chi connectivity index (χ2n) is 1.65. The van der Waals surface area contributed by atoms with Gasteiger partial charge in [-0.25, -0.2) is 4.39 Å². The van der Waals surface area contributed by atoms with Gasteiger partial charge in [-0.3, -0.25) is 0 Å². The van der Waals surface area contributed by atoms with E-state index in [2.05, 4.69) is 11.6 Å². The molecule has 0 saturated carbocycles. The number of hydrogen-bond acceptors (Lipinski definition) is 1. The molecule has 0 radical (unpaired) electrons. The first-order valence-electron chi connectivity index (χ1n) is 2.23. The van der Waals surface area contributed by atoms with E-state index >= 15 is 0 Å². The molecule has 5 heteroatoms. The van der Waals surface area contributed by atoms with Crippen molar-refractivity contribution in [1.29, 1.82) is 0 Å². The molecule has 1 N–H and O–H groups in total. The zero-order chi connectivity index (χ0) is 7.65. The quantitative estimate of drug-likeness (QED) is 0.611. The molecule has 0 heterocycles. The van der Waals surface area contributed by atoms with Crippen LogP contribution in [-0.4, -0.2) is 22.8 Å². The standard InChI is InChI=1S/C4H6ClF3O/c1-2(9)4(7,8)3(5)6/h2-3,9H,1H3. The Morgan fingerprint density at radius 2 is 1.89 bits per heavy atom. The molecule has 2 unspecified atom stereocenters. The van der Waals surface area contributed by atoms with Gasteiger partial charge in [0.05, 0.1) is 0 Å². The van der Waals surface area contributed by atoms with E-state index in [1.54, 1.807) is 0 Å². The molecule has 0 aliphatic rings. The molecule has 0 amide bonds. The average molecular weight is 163 g/mol. The minimum atomic E-state index is -3.85. The fourth-order valence-electron chi connectivity index (χ4n) is 0.182. The lowest BCUT2D eigenvalue weighted by Gasteiger charge is -2.18. The summed E-state index contributed by atoms with van der Waals surface area (Å²) in [5, 5.41) is 8.18. The Morgan fingerprint density at radius 1 is 1.56 bits per heavy atom. The summed E-state index contributed by atoms with van der Waals surface area (Å²) < 4.78 is 35.4. The first-order valence-corrected chi connectivity index (χ1v) is 2.66. The van der Waals surface area contributed by atoms with Gasteiger partial charge in [-0.15, -0.1) is 0 Å². The lowest BCUT2D eigenvalue weighted by atomic mass is 10.2. The van der Waals surface area contributed by atoms with E-state index in [-0.39, 0.29) is 0 Å². The molecule has 0 spiro atoms. The SMILES string of the molecule is CC(O)C(F)(F)C(F)Cl. The van der Waals surface area contributed by atoms with Gasteiger partial charge in [0, 0.05) is 0 Å². The molecule has 0 aromatic carbocycles. The number of alkyl halides is 4. The Kier molecular flexibility index (Phi) is 2.76. The Morgan fingerprint density at radius 3 is 1.89 bits per heavy atom. The Bertz CT molecular complexity index is 83.8. The van der Waals surface area contributed by atoms with Gasteiger partial charge in [0.1, 0.15) is 6.10 Å². The van der Waals surface area contributed by atoms with E-state index in [9.17, 15) is 13.2 Å². The van der Waals surface area contributed by atoms with Gasteiger partial charge in [0.2, 0.25) is 5.63 Å². The molecule has 0 aliphatic heterocycles. The fraction of sp³-hybridized carbons (Fsp3) is 1.00. The van der Waals surface area contributed by atoms with Crippen molar-refractivity contribution in [3.05, 3.63) is 0 Å². The van der Waals surface area contributed by atoms with Crippen LogP contribution in [0.1, 0.15) is 6.92 Å². The summed E-state index contributed by atoms with van der Waals surface area (Å²) in [5.41, 5.74) is -2.82. The summed E-state index contributed by atoms with van der Waals surface area (Å²) in [7, 11) is 0. The van der Waals surface area contributed by atoms with Gasteiger partial charge in [-0.05, 0) is 6.92 Å². The van der Waals surface area contributed by atoms with Crippen LogP contribution in [0.15, 0.2) is 0 Å². The maximum absolute atomic E-state index is 11.9. The second kappa shape index (κ2) is 2.75. The molecule has 0 aliphatic carbocycles.